The number of alkyl halides is 3. The molecular weight excluding hydrogens is 347 g/mol. The van der Waals surface area contributed by atoms with Crippen molar-refractivity contribution < 1.29 is 19.0 Å². The molecule has 18 heavy (non-hydrogen) atoms. The smallest absolute Gasteiger partial charge is 0.217 e. The first-order valence-corrected chi connectivity index (χ1v) is 7.51. The molecule has 3 fully saturated rings. The van der Waals surface area contributed by atoms with Crippen molar-refractivity contribution in [3.8, 4) is 0 Å². The van der Waals surface area contributed by atoms with Crippen LogP contribution in [0.1, 0.15) is 6.42 Å². The van der Waals surface area contributed by atoms with E-state index in [1.807, 2.05) is 0 Å². The van der Waals surface area contributed by atoms with Crippen LogP contribution in [0.25, 0.3) is 0 Å². The third kappa shape index (κ3) is 1.00. The van der Waals surface area contributed by atoms with Gasteiger partial charge in [0.25, 0.3) is 0 Å². The van der Waals surface area contributed by atoms with Crippen molar-refractivity contribution in [2.24, 2.45) is 5.92 Å². The molecule has 4 atom stereocenters. The van der Waals surface area contributed by atoms with Gasteiger partial charge < -0.3 is 14.2 Å². The number of hydrogen-bond acceptors (Lipinski definition) is 4. The number of hydrogen-bond donors (Lipinski definition) is 0. The zero-order chi connectivity index (χ0) is 13.4. The number of rotatable bonds is 3. The van der Waals surface area contributed by atoms with Crippen LogP contribution in [0.2, 0.25) is 0 Å². The quantitative estimate of drug-likeness (QED) is 0.437. The van der Waals surface area contributed by atoms with Gasteiger partial charge in [-0.05, 0) is 6.42 Å². The Bertz CT molecular complexity index is 423. The number of carbonyl (C=O) groups excluding carboxylic acids is 1. The Morgan fingerprint density at radius 1 is 1.44 bits per heavy atom. The number of Topliss-reactive ketones (excluding diaryl/α,β-unsaturated/α-hetero) is 1. The van der Waals surface area contributed by atoms with E-state index in [1.165, 1.54) is 14.2 Å². The SMILES string of the molecule is COC1(OC)[C@]2(Cl)C[C@@H](CBr)[C@@]1(Cl)C(=O)[C@]21CO1. The normalized spacial score (nSPS) is 52.3. The molecule has 0 radical (unpaired) electrons. The third-order valence-electron chi connectivity index (χ3n) is 4.62. The van der Waals surface area contributed by atoms with Gasteiger partial charge in [0.15, 0.2) is 16.3 Å². The first kappa shape index (κ1) is 13.6. The van der Waals surface area contributed by atoms with Gasteiger partial charge in [-0.1, -0.05) is 15.9 Å². The second-order valence-corrected chi connectivity index (χ2v) is 6.93. The van der Waals surface area contributed by atoms with Gasteiger partial charge in [-0.3, -0.25) is 4.79 Å². The van der Waals surface area contributed by atoms with Gasteiger partial charge in [0.05, 0.1) is 6.61 Å². The van der Waals surface area contributed by atoms with Crippen LogP contribution in [0.4, 0.5) is 0 Å². The number of halogens is 3. The van der Waals surface area contributed by atoms with Gasteiger partial charge in [0, 0.05) is 25.5 Å². The second kappa shape index (κ2) is 3.62. The summed E-state index contributed by atoms with van der Waals surface area (Å²) in [5.74, 6) is -1.72. The topological polar surface area (TPSA) is 48.1 Å². The molecule has 0 aromatic heterocycles. The Morgan fingerprint density at radius 3 is 2.39 bits per heavy atom. The van der Waals surface area contributed by atoms with Gasteiger partial charge in [-0.25, -0.2) is 0 Å². The van der Waals surface area contributed by atoms with Crippen LogP contribution in [0.5, 0.6) is 0 Å². The van der Waals surface area contributed by atoms with E-state index in [-0.39, 0.29) is 18.3 Å². The summed E-state index contributed by atoms with van der Waals surface area (Å²) in [6.45, 7) is 0.285. The molecule has 1 heterocycles. The Kier molecular flexibility index (Phi) is 2.74. The third-order valence-corrected chi connectivity index (χ3v) is 6.84. The summed E-state index contributed by atoms with van der Waals surface area (Å²) in [4.78, 5) is 10.3. The Labute approximate surface area is 123 Å². The Hall–Kier alpha value is 0.610. The largest absolute Gasteiger partial charge is 0.359 e. The number of fused-ring (bicyclic) bond motifs is 3. The molecule has 102 valence electrons. The molecule has 0 unspecified atom stereocenters. The molecule has 0 amide bonds. The summed E-state index contributed by atoms with van der Waals surface area (Å²) in [7, 11) is 2.92. The molecular formula is C11H13BrCl2O4. The maximum atomic E-state index is 12.7. The van der Waals surface area contributed by atoms with Gasteiger partial charge in [-0.15, -0.1) is 23.2 Å². The fourth-order valence-electron chi connectivity index (χ4n) is 3.71. The molecule has 1 aliphatic heterocycles. The van der Waals surface area contributed by atoms with E-state index in [0.717, 1.165) is 0 Å². The molecule has 1 spiro atoms. The number of epoxide rings is 1. The Balaban J connectivity index is 2.24. The average molecular weight is 360 g/mol. The number of ether oxygens (including phenoxy) is 3. The lowest BCUT2D eigenvalue weighted by molar-refractivity contribution is -0.224. The Morgan fingerprint density at radius 2 is 2.00 bits per heavy atom. The predicted molar refractivity (Wildman–Crippen MR) is 69.5 cm³/mol. The molecule has 0 aromatic carbocycles. The molecule has 1 saturated heterocycles. The van der Waals surface area contributed by atoms with Crippen LogP contribution in [0.15, 0.2) is 0 Å². The lowest BCUT2D eigenvalue weighted by atomic mass is 9.81. The van der Waals surface area contributed by atoms with Crippen molar-refractivity contribution in [3.63, 3.8) is 0 Å². The molecule has 7 heteroatoms. The highest BCUT2D eigenvalue weighted by Gasteiger charge is 2.94. The minimum absolute atomic E-state index is 0.154. The van der Waals surface area contributed by atoms with Crippen molar-refractivity contribution in [1.82, 2.24) is 0 Å². The molecule has 3 aliphatic rings. The van der Waals surface area contributed by atoms with E-state index in [4.69, 9.17) is 37.4 Å². The van der Waals surface area contributed by atoms with Crippen LogP contribution >= 0.6 is 39.1 Å². The first-order chi connectivity index (χ1) is 8.40. The van der Waals surface area contributed by atoms with E-state index in [1.54, 1.807) is 0 Å². The minimum atomic E-state index is -1.35. The average Bonchev–Trinajstić information content (AvgIpc) is 3.11. The number of carbonyl (C=O) groups is 1. The zero-order valence-electron chi connectivity index (χ0n) is 9.97. The first-order valence-electron chi connectivity index (χ1n) is 5.63. The second-order valence-electron chi connectivity index (χ2n) is 5.04. The van der Waals surface area contributed by atoms with Crippen molar-refractivity contribution in [2.75, 3.05) is 26.2 Å². The highest BCUT2D eigenvalue weighted by molar-refractivity contribution is 9.09. The van der Waals surface area contributed by atoms with Crippen molar-refractivity contribution in [2.45, 2.75) is 27.6 Å². The fourth-order valence-corrected chi connectivity index (χ4v) is 5.96. The van der Waals surface area contributed by atoms with E-state index < -0.39 is 21.1 Å². The summed E-state index contributed by atoms with van der Waals surface area (Å²) >= 11 is 16.8. The maximum absolute atomic E-state index is 12.7. The molecule has 3 rings (SSSR count). The summed E-state index contributed by atoms with van der Waals surface area (Å²) in [5, 5.41) is 0.557. The standard InChI is InChI=1S/C11H13BrCl2O4/c1-16-11(17-2)9(13)3-6(4-12)10(11,14)7(15)8(9)5-18-8/h6H,3-5H2,1-2H3/t6-,8+,9-,10+/m0/s1. The van der Waals surface area contributed by atoms with Gasteiger partial charge >= 0.3 is 0 Å². The van der Waals surface area contributed by atoms with Crippen LogP contribution in [0.3, 0.4) is 0 Å². The van der Waals surface area contributed by atoms with Gasteiger partial charge in [0.2, 0.25) is 5.79 Å². The van der Waals surface area contributed by atoms with Crippen LogP contribution in [-0.2, 0) is 19.0 Å². The molecule has 0 N–H and O–H groups in total. The van der Waals surface area contributed by atoms with E-state index in [0.29, 0.717) is 11.8 Å². The van der Waals surface area contributed by atoms with Crippen molar-refractivity contribution in [3.05, 3.63) is 0 Å². The monoisotopic (exact) mass is 358 g/mol. The van der Waals surface area contributed by atoms with Crippen LogP contribution < -0.4 is 0 Å². The molecule has 2 bridgehead atoms. The van der Waals surface area contributed by atoms with E-state index in [2.05, 4.69) is 15.9 Å². The van der Waals surface area contributed by atoms with E-state index in [9.17, 15) is 4.79 Å². The maximum Gasteiger partial charge on any atom is 0.217 e. The lowest BCUT2D eigenvalue weighted by Gasteiger charge is -2.39. The zero-order valence-corrected chi connectivity index (χ0v) is 13.1. The molecule has 4 nitrogen and oxygen atoms in total. The fraction of sp³-hybridized carbons (Fsp3) is 0.909. The summed E-state index contributed by atoms with van der Waals surface area (Å²) in [6, 6.07) is 0. The highest BCUT2D eigenvalue weighted by Crippen LogP contribution is 2.73. The predicted octanol–water partition coefficient (Wildman–Crippen LogP) is 1.70. The summed E-state index contributed by atoms with van der Waals surface area (Å²) in [5.41, 5.74) is -1.04. The summed E-state index contributed by atoms with van der Waals surface area (Å²) in [6.07, 6.45) is 0.511. The van der Waals surface area contributed by atoms with Crippen molar-refractivity contribution >= 4 is 44.9 Å². The summed E-state index contributed by atoms with van der Waals surface area (Å²) < 4.78 is 16.4. The molecule has 0 aromatic rings. The molecule has 2 saturated carbocycles. The highest BCUT2D eigenvalue weighted by atomic mass is 79.9. The van der Waals surface area contributed by atoms with Gasteiger partial charge in [-0.2, -0.15) is 0 Å². The van der Waals surface area contributed by atoms with Crippen LogP contribution in [0, 0.1) is 5.92 Å². The van der Waals surface area contributed by atoms with E-state index >= 15 is 0 Å². The number of methoxy groups -OCH3 is 2. The molecule has 2 aliphatic carbocycles. The lowest BCUT2D eigenvalue weighted by Crippen LogP contribution is -2.57. The van der Waals surface area contributed by atoms with Crippen molar-refractivity contribution in [1.29, 1.82) is 0 Å². The number of ketones is 1. The van der Waals surface area contributed by atoms with Crippen LogP contribution in [-0.4, -0.2) is 53.1 Å². The van der Waals surface area contributed by atoms with Gasteiger partial charge in [0.1, 0.15) is 4.87 Å². The minimum Gasteiger partial charge on any atom is -0.359 e.